The van der Waals surface area contributed by atoms with Gasteiger partial charge in [-0.25, -0.2) is 17.8 Å². The lowest BCUT2D eigenvalue weighted by molar-refractivity contribution is -0.178. The van der Waals surface area contributed by atoms with Crippen molar-refractivity contribution in [3.63, 3.8) is 0 Å². The number of benzene rings is 2. The quantitative estimate of drug-likeness (QED) is 0.220. The number of sulfonamides is 1. The highest BCUT2D eigenvalue weighted by molar-refractivity contribution is 7.90. The van der Waals surface area contributed by atoms with Crippen molar-refractivity contribution >= 4 is 21.9 Å². The third-order valence-corrected chi connectivity index (χ3v) is 7.94. The van der Waals surface area contributed by atoms with Crippen LogP contribution in [0.5, 0.6) is 0 Å². The van der Waals surface area contributed by atoms with Crippen LogP contribution in [0.3, 0.4) is 0 Å². The van der Waals surface area contributed by atoms with E-state index < -0.39 is 46.0 Å². The number of halogens is 3. The van der Waals surface area contributed by atoms with Crippen LogP contribution in [0.4, 0.5) is 13.2 Å². The number of ether oxygens (including phenoxy) is 1. The summed E-state index contributed by atoms with van der Waals surface area (Å²) in [5.41, 5.74) is 0.676. The molecule has 0 aliphatic carbocycles. The zero-order valence-corrected chi connectivity index (χ0v) is 23.9. The maximum Gasteiger partial charge on any atom is 0.435 e. The minimum Gasteiger partial charge on any atom is -0.423 e. The van der Waals surface area contributed by atoms with E-state index in [4.69, 9.17) is 14.2 Å². The summed E-state index contributed by atoms with van der Waals surface area (Å²) in [5.74, 6) is -1.98. The molecule has 1 fully saturated rings. The minimum atomic E-state index is -4.69. The van der Waals surface area contributed by atoms with Gasteiger partial charge in [0, 0.05) is 30.9 Å². The fourth-order valence-corrected chi connectivity index (χ4v) is 5.49. The molecule has 1 N–H and O–H groups in total. The van der Waals surface area contributed by atoms with E-state index in [9.17, 15) is 31.2 Å². The number of nitrogens with zero attached hydrogens (tertiary/aromatic N) is 5. The number of aromatic nitrogens is 4. The molecule has 2 aromatic carbocycles. The van der Waals surface area contributed by atoms with Gasteiger partial charge >= 0.3 is 12.1 Å². The number of nitrogens with one attached hydrogen (secondary N) is 1. The van der Waals surface area contributed by atoms with Crippen molar-refractivity contribution in [2.24, 2.45) is 5.92 Å². The highest BCUT2D eigenvalue weighted by Crippen LogP contribution is 2.33. The lowest BCUT2D eigenvalue weighted by Crippen LogP contribution is -2.38. The zero-order valence-electron chi connectivity index (χ0n) is 23.1. The molecule has 0 saturated carbocycles. The van der Waals surface area contributed by atoms with E-state index in [0.717, 1.165) is 21.3 Å². The molecule has 17 heteroatoms. The second-order valence-corrected chi connectivity index (χ2v) is 11.6. The van der Waals surface area contributed by atoms with Gasteiger partial charge in [0.1, 0.15) is 5.02 Å². The van der Waals surface area contributed by atoms with E-state index in [-0.39, 0.29) is 22.8 Å². The van der Waals surface area contributed by atoms with Gasteiger partial charge in [-0.05, 0) is 43.7 Å². The summed E-state index contributed by atoms with van der Waals surface area (Å²) in [5, 5.41) is 6.27. The molecule has 2 unspecified atom stereocenters. The van der Waals surface area contributed by atoms with E-state index in [1.807, 2.05) is 6.92 Å². The summed E-state index contributed by atoms with van der Waals surface area (Å²) >= 11 is 0. The van der Waals surface area contributed by atoms with Crippen LogP contribution in [0.25, 0.3) is 16.9 Å². The number of alkyl halides is 3. The Kier molecular flexibility index (Phi) is 7.76. The number of esters is 1. The molecule has 13 nitrogen and oxygen atoms in total. The number of aryl methyl sites for hydroxylation is 1. The first-order valence-electron chi connectivity index (χ1n) is 13.0. The van der Waals surface area contributed by atoms with Gasteiger partial charge in [-0.15, -0.1) is 0 Å². The molecule has 2 atom stereocenters. The van der Waals surface area contributed by atoms with E-state index in [0.29, 0.717) is 18.5 Å². The van der Waals surface area contributed by atoms with Crippen molar-refractivity contribution in [3.8, 4) is 16.9 Å². The van der Waals surface area contributed by atoms with Crippen LogP contribution in [-0.4, -0.2) is 59.4 Å². The van der Waals surface area contributed by atoms with Crippen LogP contribution in [0, 0.1) is 12.8 Å². The minimum absolute atomic E-state index is 0.116. The summed E-state index contributed by atoms with van der Waals surface area (Å²) in [6, 6.07) is 12.8. The fourth-order valence-electron chi connectivity index (χ4n) is 4.44. The first kappa shape index (κ1) is 29.8. The Labute approximate surface area is 243 Å². The third-order valence-electron chi connectivity index (χ3n) is 6.58. The summed E-state index contributed by atoms with van der Waals surface area (Å²) in [4.78, 5) is 30.0. The van der Waals surface area contributed by atoms with E-state index in [2.05, 4.69) is 9.82 Å². The lowest BCUT2D eigenvalue weighted by atomic mass is 10.1. The highest BCUT2D eigenvalue weighted by Gasteiger charge is 2.37. The van der Waals surface area contributed by atoms with E-state index in [1.165, 1.54) is 43.1 Å². The van der Waals surface area contributed by atoms with Crippen molar-refractivity contribution < 1.29 is 45.4 Å². The molecule has 1 aliphatic heterocycles. The first-order valence-corrected chi connectivity index (χ1v) is 14.5. The number of rotatable bonds is 9. The van der Waals surface area contributed by atoms with E-state index >= 15 is 0 Å². The Morgan fingerprint density at radius 1 is 1.12 bits per heavy atom. The normalized spacial score (nSPS) is 16.3. The molecule has 230 valence electrons. The number of carbonyl (C=O) groups is 2. The highest BCUT2D eigenvalue weighted by atomic mass is 32.2. The molecule has 5 rings (SSSR count). The maximum atomic E-state index is 13.5. The van der Waals surface area contributed by atoms with Gasteiger partial charge in [0.25, 0.3) is 16.3 Å². The molecule has 2 aromatic heterocycles. The Bertz CT molecular complexity index is 1720. The van der Waals surface area contributed by atoms with Crippen LogP contribution in [0.1, 0.15) is 31.5 Å². The van der Waals surface area contributed by atoms with Crippen molar-refractivity contribution in [3.05, 3.63) is 65.9 Å². The lowest BCUT2D eigenvalue weighted by Gasteiger charge is -2.13. The summed E-state index contributed by atoms with van der Waals surface area (Å²) in [7, 11) is -4.30. The average Bonchev–Trinajstić information content (AvgIpc) is 3.32. The molecule has 3 heterocycles. The standard InChI is InChI=1S/C26H27F3N6O7S/c1-16-4-6-19(7-5-16)23-14-24(26(27,28)29)30-33(23)21-8-10-22(11-9-21)43(38,39)31-25(37)20-12-13-32(15-20)34-35(42-34)41-18(3)40-17(2)36/h4-11,14,18,20H,12-13,15H2,1-3H3,(H,31,37). The molecule has 4 aromatic rings. The molecular formula is C26H27F3N6O7S. The molecule has 0 bridgehead atoms. The van der Waals surface area contributed by atoms with Crippen molar-refractivity contribution in [2.45, 2.75) is 44.6 Å². The number of hydrogen-bond acceptors (Lipinski definition) is 9. The maximum absolute atomic E-state index is 13.5. The smallest absolute Gasteiger partial charge is 0.423 e. The zero-order chi connectivity index (χ0) is 31.1. The van der Waals surface area contributed by atoms with Crippen molar-refractivity contribution in [1.82, 2.24) is 24.5 Å². The second-order valence-electron chi connectivity index (χ2n) is 9.91. The molecule has 0 spiro atoms. The van der Waals surface area contributed by atoms with Crippen molar-refractivity contribution in [2.75, 3.05) is 18.1 Å². The van der Waals surface area contributed by atoms with Crippen LogP contribution in [-0.2, 0) is 30.5 Å². The van der Waals surface area contributed by atoms with Crippen LogP contribution in [0.2, 0.25) is 0 Å². The number of amides is 1. The molecule has 1 saturated heterocycles. The van der Waals surface area contributed by atoms with Gasteiger partial charge in [0.2, 0.25) is 5.91 Å². The molecule has 43 heavy (non-hydrogen) atoms. The van der Waals surface area contributed by atoms with Gasteiger partial charge < -0.3 is 9.57 Å². The number of carbonyl (C=O) groups excluding carboxylic acids is 2. The summed E-state index contributed by atoms with van der Waals surface area (Å²) in [6.07, 6.45) is -5.30. The molecule has 1 aliphatic rings. The van der Waals surface area contributed by atoms with E-state index in [1.54, 1.807) is 29.3 Å². The first-order chi connectivity index (χ1) is 20.2. The van der Waals surface area contributed by atoms with Gasteiger partial charge in [0.15, 0.2) is 5.69 Å². The van der Waals surface area contributed by atoms with Gasteiger partial charge in [-0.3, -0.25) is 14.6 Å². The molecule has 1 amide bonds. The summed E-state index contributed by atoms with van der Waals surface area (Å²) in [6.45, 7) is 5.02. The monoisotopic (exact) mass is 624 g/mol. The van der Waals surface area contributed by atoms with Crippen LogP contribution < -0.4 is 14.6 Å². The topological polar surface area (TPSA) is 143 Å². The van der Waals surface area contributed by atoms with Crippen LogP contribution in [0.15, 0.2) is 64.1 Å². The largest absolute Gasteiger partial charge is 0.435 e. The average molecular weight is 625 g/mol. The Balaban J connectivity index is 1.26. The molecule has 0 radical (unpaired) electrons. The predicted molar refractivity (Wildman–Crippen MR) is 143 cm³/mol. The Hall–Kier alpha value is -4.67. The van der Waals surface area contributed by atoms with Crippen molar-refractivity contribution in [1.29, 1.82) is 0 Å². The SMILES string of the molecule is CC(=O)OC(C)On1on1N1CCC(C(=O)NS(=O)(=O)c2ccc(-n3nc(C(F)(F)F)cc3-c3ccc(C)cc3)cc2)C1. The van der Waals surface area contributed by atoms with Gasteiger partial charge in [-0.1, -0.05) is 29.8 Å². The summed E-state index contributed by atoms with van der Waals surface area (Å²) < 4.78 is 79.5. The third kappa shape index (κ3) is 6.71. The Morgan fingerprint density at radius 3 is 2.42 bits per heavy atom. The Morgan fingerprint density at radius 2 is 1.79 bits per heavy atom. The van der Waals surface area contributed by atoms with Gasteiger partial charge in [-0.2, -0.15) is 22.9 Å². The molecular weight excluding hydrogens is 597 g/mol. The van der Waals surface area contributed by atoms with Gasteiger partial charge in [0.05, 0.1) is 28.7 Å². The predicted octanol–water partition coefficient (Wildman–Crippen LogP) is 2.86. The number of hydrogen-bond donors (Lipinski definition) is 1. The fraction of sp³-hybridized carbons (Fsp3) is 0.346. The second kappa shape index (κ2) is 11.2. The van der Waals surface area contributed by atoms with Crippen LogP contribution >= 0.6 is 0 Å².